The van der Waals surface area contributed by atoms with Gasteiger partial charge < -0.3 is 5.11 Å². The molecule has 0 aromatic rings. The van der Waals surface area contributed by atoms with Crippen molar-refractivity contribution in [1.29, 1.82) is 5.26 Å². The van der Waals surface area contributed by atoms with Crippen LogP contribution in [0.3, 0.4) is 0 Å². The molecule has 0 aromatic carbocycles. The molecular formula is C12H17NO2. The molecule has 0 aromatic heterocycles. The van der Waals surface area contributed by atoms with Crippen molar-refractivity contribution >= 4 is 5.97 Å². The first-order valence-corrected chi connectivity index (χ1v) is 5.22. The van der Waals surface area contributed by atoms with Gasteiger partial charge in [0, 0.05) is 0 Å². The highest BCUT2D eigenvalue weighted by atomic mass is 16.4. The molecule has 0 heterocycles. The molecule has 0 amide bonds. The van der Waals surface area contributed by atoms with E-state index in [0.29, 0.717) is 0 Å². The molecule has 3 heteroatoms. The largest absolute Gasteiger partial charge is 0.477 e. The molecular weight excluding hydrogens is 190 g/mol. The second-order valence-corrected chi connectivity index (χ2v) is 3.27. The maximum absolute atomic E-state index is 10.4. The van der Waals surface area contributed by atoms with E-state index in [-0.39, 0.29) is 5.57 Å². The number of nitriles is 1. The van der Waals surface area contributed by atoms with Crippen molar-refractivity contribution in [3.8, 4) is 6.07 Å². The number of carbonyl (C=O) groups is 1. The summed E-state index contributed by atoms with van der Waals surface area (Å²) in [5, 5.41) is 17.0. The minimum absolute atomic E-state index is 0.222. The third-order valence-electron chi connectivity index (χ3n) is 1.97. The van der Waals surface area contributed by atoms with Gasteiger partial charge in [-0.25, -0.2) is 4.79 Å². The number of carboxylic acids is 1. The Hall–Kier alpha value is -1.56. The molecule has 0 spiro atoms. The minimum atomic E-state index is -1.17. The van der Waals surface area contributed by atoms with Crippen LogP contribution in [0.4, 0.5) is 0 Å². The third-order valence-corrected chi connectivity index (χ3v) is 1.97. The summed E-state index contributed by atoms with van der Waals surface area (Å²) in [6.45, 7) is 2.16. The van der Waals surface area contributed by atoms with Crippen molar-refractivity contribution in [2.75, 3.05) is 0 Å². The highest BCUT2D eigenvalue weighted by molar-refractivity contribution is 5.91. The second-order valence-electron chi connectivity index (χ2n) is 3.27. The fourth-order valence-corrected chi connectivity index (χ4v) is 1.11. The van der Waals surface area contributed by atoms with Crippen LogP contribution in [-0.4, -0.2) is 11.1 Å². The molecule has 0 aliphatic carbocycles. The average Bonchev–Trinajstić information content (AvgIpc) is 2.21. The lowest BCUT2D eigenvalue weighted by molar-refractivity contribution is -0.132. The number of aliphatic carboxylic acids is 1. The van der Waals surface area contributed by atoms with Gasteiger partial charge in [0.05, 0.1) is 0 Å². The zero-order valence-corrected chi connectivity index (χ0v) is 9.07. The maximum Gasteiger partial charge on any atom is 0.346 e. The lowest BCUT2D eigenvalue weighted by atomic mass is 10.1. The number of allylic oxidation sites excluding steroid dienone is 3. The molecule has 0 atom stereocenters. The van der Waals surface area contributed by atoms with Crippen LogP contribution >= 0.6 is 0 Å². The van der Waals surface area contributed by atoms with Crippen LogP contribution in [0.2, 0.25) is 0 Å². The summed E-state index contributed by atoms with van der Waals surface area (Å²) in [5.41, 5.74) is -0.222. The van der Waals surface area contributed by atoms with Gasteiger partial charge in [-0.3, -0.25) is 0 Å². The molecule has 3 nitrogen and oxygen atoms in total. The number of hydrogen-bond acceptors (Lipinski definition) is 2. The van der Waals surface area contributed by atoms with Crippen LogP contribution in [0.15, 0.2) is 23.8 Å². The van der Waals surface area contributed by atoms with Crippen LogP contribution in [-0.2, 0) is 4.79 Å². The van der Waals surface area contributed by atoms with Gasteiger partial charge in [-0.1, -0.05) is 38.3 Å². The second kappa shape index (κ2) is 9.01. The van der Waals surface area contributed by atoms with E-state index >= 15 is 0 Å². The SMILES string of the molecule is CCCCCC/C=C/C=C(\C#N)C(=O)O. The minimum Gasteiger partial charge on any atom is -0.477 e. The molecule has 0 radical (unpaired) electrons. The van der Waals surface area contributed by atoms with Crippen molar-refractivity contribution in [2.45, 2.75) is 39.0 Å². The summed E-state index contributed by atoms with van der Waals surface area (Å²) in [6, 6.07) is 1.62. The summed E-state index contributed by atoms with van der Waals surface area (Å²) >= 11 is 0. The van der Waals surface area contributed by atoms with Crippen molar-refractivity contribution < 1.29 is 9.90 Å². The van der Waals surface area contributed by atoms with E-state index < -0.39 is 5.97 Å². The first kappa shape index (κ1) is 13.4. The van der Waals surface area contributed by atoms with Crippen molar-refractivity contribution in [2.24, 2.45) is 0 Å². The summed E-state index contributed by atoms with van der Waals surface area (Å²) in [7, 11) is 0. The molecule has 0 aliphatic rings. The smallest absolute Gasteiger partial charge is 0.346 e. The van der Waals surface area contributed by atoms with Crippen LogP contribution in [0.5, 0.6) is 0 Å². The Balaban J connectivity index is 3.78. The fourth-order valence-electron chi connectivity index (χ4n) is 1.11. The van der Waals surface area contributed by atoms with Gasteiger partial charge in [-0.2, -0.15) is 5.26 Å². The summed E-state index contributed by atoms with van der Waals surface area (Å²) < 4.78 is 0. The Bertz CT molecular complexity index is 284. The van der Waals surface area contributed by atoms with Crippen molar-refractivity contribution in [1.82, 2.24) is 0 Å². The Morgan fingerprint density at radius 3 is 2.67 bits per heavy atom. The van der Waals surface area contributed by atoms with E-state index in [2.05, 4.69) is 6.92 Å². The molecule has 0 rings (SSSR count). The third kappa shape index (κ3) is 7.51. The van der Waals surface area contributed by atoms with Crippen LogP contribution in [0.1, 0.15) is 39.0 Å². The summed E-state index contributed by atoms with van der Waals surface area (Å²) in [6.07, 6.45) is 10.6. The van der Waals surface area contributed by atoms with Gasteiger partial charge in [0.15, 0.2) is 0 Å². The molecule has 0 saturated carbocycles. The monoisotopic (exact) mass is 207 g/mol. The number of hydrogen-bond donors (Lipinski definition) is 1. The Kier molecular flexibility index (Phi) is 8.08. The van der Waals surface area contributed by atoms with Crippen molar-refractivity contribution in [3.63, 3.8) is 0 Å². The number of nitrogens with zero attached hydrogens (tertiary/aromatic N) is 1. The fraction of sp³-hybridized carbons (Fsp3) is 0.500. The van der Waals surface area contributed by atoms with Gasteiger partial charge in [0.1, 0.15) is 11.6 Å². The lowest BCUT2D eigenvalue weighted by Crippen LogP contribution is -1.96. The zero-order chi connectivity index (χ0) is 11.5. The molecule has 82 valence electrons. The van der Waals surface area contributed by atoms with Crippen LogP contribution < -0.4 is 0 Å². The summed E-state index contributed by atoms with van der Waals surface area (Å²) in [4.78, 5) is 10.4. The van der Waals surface area contributed by atoms with Crippen LogP contribution in [0, 0.1) is 11.3 Å². The molecule has 0 saturated heterocycles. The van der Waals surface area contributed by atoms with Gasteiger partial charge in [-0.15, -0.1) is 0 Å². The van der Waals surface area contributed by atoms with Gasteiger partial charge in [0.2, 0.25) is 0 Å². The van der Waals surface area contributed by atoms with E-state index in [0.717, 1.165) is 12.8 Å². The van der Waals surface area contributed by atoms with E-state index in [1.54, 1.807) is 12.1 Å². The quantitative estimate of drug-likeness (QED) is 0.302. The van der Waals surface area contributed by atoms with Crippen molar-refractivity contribution in [3.05, 3.63) is 23.8 Å². The van der Waals surface area contributed by atoms with Gasteiger partial charge >= 0.3 is 5.97 Å². The highest BCUT2D eigenvalue weighted by Gasteiger charge is 2.02. The Morgan fingerprint density at radius 2 is 2.13 bits per heavy atom. The first-order chi connectivity index (χ1) is 7.22. The standard InChI is InChI=1S/C12H17NO2/c1-2-3-4-5-6-7-8-9-11(10-13)12(14)15/h7-9H,2-6H2,1H3,(H,14,15)/b8-7+,11-9+. The van der Waals surface area contributed by atoms with E-state index in [1.807, 2.05) is 6.08 Å². The predicted octanol–water partition coefficient (Wildman–Crippen LogP) is 3.05. The number of carboxylic acid groups (broad SMARTS) is 1. The number of unbranched alkanes of at least 4 members (excludes halogenated alkanes) is 4. The first-order valence-electron chi connectivity index (χ1n) is 5.22. The normalized spacial score (nSPS) is 11.6. The average molecular weight is 207 g/mol. The zero-order valence-electron chi connectivity index (χ0n) is 9.07. The van der Waals surface area contributed by atoms with E-state index in [4.69, 9.17) is 10.4 Å². The molecule has 15 heavy (non-hydrogen) atoms. The highest BCUT2D eigenvalue weighted by Crippen LogP contribution is 2.03. The predicted molar refractivity (Wildman–Crippen MR) is 59.2 cm³/mol. The Labute approximate surface area is 90.7 Å². The lowest BCUT2D eigenvalue weighted by Gasteiger charge is -1.93. The number of rotatable bonds is 7. The van der Waals surface area contributed by atoms with Gasteiger partial charge in [0.25, 0.3) is 0 Å². The maximum atomic E-state index is 10.4. The van der Waals surface area contributed by atoms with E-state index in [9.17, 15) is 4.79 Å². The summed E-state index contributed by atoms with van der Waals surface area (Å²) in [5.74, 6) is -1.17. The molecule has 0 fully saturated rings. The molecule has 0 bridgehead atoms. The molecule has 1 N–H and O–H groups in total. The van der Waals surface area contributed by atoms with E-state index in [1.165, 1.54) is 25.3 Å². The Morgan fingerprint density at radius 1 is 1.40 bits per heavy atom. The van der Waals surface area contributed by atoms with Gasteiger partial charge in [-0.05, 0) is 18.9 Å². The molecule has 0 unspecified atom stereocenters. The van der Waals surface area contributed by atoms with Crippen LogP contribution in [0.25, 0.3) is 0 Å². The molecule has 0 aliphatic heterocycles. The topological polar surface area (TPSA) is 61.1 Å².